The van der Waals surface area contributed by atoms with E-state index in [2.05, 4.69) is 62.2 Å². The Bertz CT molecular complexity index is 2210. The number of halogens is 3. The highest BCUT2D eigenvalue weighted by Crippen LogP contribution is 2.51. The molecule has 4 atom stereocenters. The van der Waals surface area contributed by atoms with Crippen LogP contribution in [-0.4, -0.2) is 89.2 Å². The van der Waals surface area contributed by atoms with Gasteiger partial charge in [0.05, 0.1) is 34.8 Å². The van der Waals surface area contributed by atoms with Crippen molar-refractivity contribution >= 4 is 52.7 Å². The average Bonchev–Trinajstić information content (AvgIpc) is 4.21. The van der Waals surface area contributed by atoms with E-state index in [-0.39, 0.29) is 11.4 Å². The first kappa shape index (κ1) is 48.5. The molecular formula is C46H58Cl3N13O2. The Kier molecular flexibility index (Phi) is 17.3. The van der Waals surface area contributed by atoms with Gasteiger partial charge in [0.25, 0.3) is 0 Å². The molecule has 2 aliphatic heterocycles. The first-order valence-corrected chi connectivity index (χ1v) is 23.4. The highest BCUT2D eigenvalue weighted by atomic mass is 35.5. The molecule has 1 N–H and O–H groups in total. The van der Waals surface area contributed by atoms with Crippen LogP contribution in [0.2, 0.25) is 15.3 Å². The van der Waals surface area contributed by atoms with E-state index in [1.165, 1.54) is 44.5 Å². The number of aryl methyl sites for hydroxylation is 3. The molecule has 0 bridgehead atoms. The van der Waals surface area contributed by atoms with Crippen molar-refractivity contribution in [3.8, 4) is 12.1 Å². The maximum absolute atomic E-state index is 12.2. The number of likely N-dealkylation sites (tertiary alicyclic amines) is 1. The number of carbonyl (C=O) groups excluding carboxylic acids is 1. The molecule has 15 nitrogen and oxygen atoms in total. The number of aromatic nitrogens is 8. The van der Waals surface area contributed by atoms with Crippen molar-refractivity contribution < 1.29 is 9.53 Å². The van der Waals surface area contributed by atoms with Gasteiger partial charge in [-0.2, -0.15) is 10.5 Å². The maximum Gasteiger partial charge on any atom is 0.410 e. The quantitative estimate of drug-likeness (QED) is 0.140. The van der Waals surface area contributed by atoms with Gasteiger partial charge in [0.1, 0.15) is 46.6 Å². The Hall–Kier alpha value is -4.96. The van der Waals surface area contributed by atoms with E-state index < -0.39 is 5.60 Å². The zero-order valence-electron chi connectivity index (χ0n) is 37.4. The summed E-state index contributed by atoms with van der Waals surface area (Å²) < 4.78 is 5.49. The minimum atomic E-state index is -0.425. The van der Waals surface area contributed by atoms with E-state index in [1.807, 2.05) is 45.6 Å². The molecule has 2 saturated carbocycles. The van der Waals surface area contributed by atoms with Gasteiger partial charge in [-0.05, 0) is 152 Å². The van der Waals surface area contributed by atoms with Crippen LogP contribution in [0.4, 0.5) is 16.6 Å². The molecule has 0 spiro atoms. The average molecular weight is 931 g/mol. The number of amides is 1. The third kappa shape index (κ3) is 15.3. The van der Waals surface area contributed by atoms with E-state index in [9.17, 15) is 4.79 Å². The Labute approximate surface area is 391 Å². The molecule has 6 heterocycles. The number of nitrogens with one attached hydrogen (secondary N) is 1. The third-order valence-corrected chi connectivity index (χ3v) is 12.7. The van der Waals surface area contributed by atoms with Crippen LogP contribution >= 0.6 is 34.8 Å². The predicted molar refractivity (Wildman–Crippen MR) is 247 cm³/mol. The van der Waals surface area contributed by atoms with Crippen LogP contribution in [-0.2, 0) is 11.2 Å². The van der Waals surface area contributed by atoms with Crippen LogP contribution < -0.4 is 10.2 Å². The van der Waals surface area contributed by atoms with Crippen LogP contribution in [0.15, 0.2) is 36.9 Å². The number of nitriles is 2. The first-order valence-electron chi connectivity index (χ1n) is 22.2. The van der Waals surface area contributed by atoms with Gasteiger partial charge in [0.2, 0.25) is 11.2 Å². The summed E-state index contributed by atoms with van der Waals surface area (Å²) in [6.07, 6.45) is 17.7. The van der Waals surface area contributed by atoms with Gasteiger partial charge in [-0.1, -0.05) is 23.2 Å². The molecule has 4 fully saturated rings. The largest absolute Gasteiger partial charge is 0.444 e. The van der Waals surface area contributed by atoms with Crippen LogP contribution in [0.1, 0.15) is 107 Å². The van der Waals surface area contributed by atoms with Crippen molar-refractivity contribution in [3.63, 3.8) is 0 Å². The zero-order valence-corrected chi connectivity index (χ0v) is 39.6. The highest BCUT2D eigenvalue weighted by molar-refractivity contribution is 6.31. The van der Waals surface area contributed by atoms with Crippen LogP contribution in [0.5, 0.6) is 0 Å². The molecule has 2 saturated heterocycles. The number of nitrogens with zero attached hydrogens (tertiary/aromatic N) is 12. The van der Waals surface area contributed by atoms with Gasteiger partial charge in [-0.15, -0.1) is 0 Å². The van der Waals surface area contributed by atoms with Gasteiger partial charge in [-0.25, -0.2) is 44.7 Å². The van der Waals surface area contributed by atoms with Crippen molar-refractivity contribution in [2.75, 3.05) is 42.9 Å². The van der Waals surface area contributed by atoms with E-state index in [1.54, 1.807) is 18.5 Å². The van der Waals surface area contributed by atoms with Crippen molar-refractivity contribution in [1.82, 2.24) is 44.8 Å². The molecule has 4 unspecified atom stereocenters. The zero-order chi connectivity index (χ0) is 45.8. The Morgan fingerprint density at radius 2 is 1.30 bits per heavy atom. The van der Waals surface area contributed by atoms with Crippen molar-refractivity contribution in [1.29, 1.82) is 10.5 Å². The summed E-state index contributed by atoms with van der Waals surface area (Å²) in [5.41, 5.74) is 1.43. The van der Waals surface area contributed by atoms with Crippen molar-refractivity contribution in [2.45, 2.75) is 104 Å². The molecule has 4 aromatic rings. The second kappa shape index (κ2) is 22.8. The molecule has 340 valence electrons. The normalized spacial score (nSPS) is 20.7. The van der Waals surface area contributed by atoms with Crippen molar-refractivity contribution in [3.05, 3.63) is 81.0 Å². The molecular weight excluding hydrogens is 873 g/mol. The minimum Gasteiger partial charge on any atom is -0.444 e. The van der Waals surface area contributed by atoms with Gasteiger partial charge >= 0.3 is 6.09 Å². The van der Waals surface area contributed by atoms with E-state index in [0.717, 1.165) is 118 Å². The van der Waals surface area contributed by atoms with Gasteiger partial charge in [0.15, 0.2) is 0 Å². The molecule has 1 amide bonds. The minimum absolute atomic E-state index is 0.171. The fourth-order valence-electron chi connectivity index (χ4n) is 8.95. The van der Waals surface area contributed by atoms with Crippen LogP contribution in [0.3, 0.4) is 0 Å². The second-order valence-corrected chi connectivity index (χ2v) is 19.3. The topological polar surface area (TPSA) is 196 Å². The smallest absolute Gasteiger partial charge is 0.410 e. The first-order chi connectivity index (χ1) is 30.7. The fourth-order valence-corrected chi connectivity index (χ4v) is 9.24. The number of piperidine rings is 2. The number of hydrogen-bond acceptors (Lipinski definition) is 14. The SMILES string of the molecule is Cc1nc(C#N)cc(CCCC2CC2C2CCN(C(=O)OC(C)(C)C)CC2)n1.Cc1nc(C#N)cc(NCCC2CC2C2CCN(c3ncc(Cl)cn3)CC2)n1.Clc1cnc(Cl)nc1. The summed E-state index contributed by atoms with van der Waals surface area (Å²) in [7, 11) is 0. The van der Waals surface area contributed by atoms with Crippen LogP contribution in [0, 0.1) is 72.0 Å². The lowest BCUT2D eigenvalue weighted by molar-refractivity contribution is 0.0174. The Morgan fingerprint density at radius 1 is 0.766 bits per heavy atom. The number of anilines is 2. The molecule has 2 aliphatic carbocycles. The van der Waals surface area contributed by atoms with Crippen LogP contribution in [0.25, 0.3) is 0 Å². The number of rotatable bonds is 11. The van der Waals surface area contributed by atoms with Gasteiger partial charge in [0, 0.05) is 44.5 Å². The predicted octanol–water partition coefficient (Wildman–Crippen LogP) is 9.50. The lowest BCUT2D eigenvalue weighted by Crippen LogP contribution is -2.42. The summed E-state index contributed by atoms with van der Waals surface area (Å²) >= 11 is 16.6. The summed E-state index contributed by atoms with van der Waals surface area (Å²) in [4.78, 5) is 49.2. The molecule has 0 aromatic carbocycles. The molecule has 64 heavy (non-hydrogen) atoms. The Balaban J connectivity index is 0.000000181. The lowest BCUT2D eigenvalue weighted by atomic mass is 9.90. The number of ether oxygens (including phenoxy) is 1. The number of carbonyl (C=O) groups is 1. The van der Waals surface area contributed by atoms with Gasteiger partial charge in [-0.3, -0.25) is 0 Å². The maximum atomic E-state index is 12.2. The van der Waals surface area contributed by atoms with Gasteiger partial charge < -0.3 is 19.9 Å². The monoisotopic (exact) mass is 929 g/mol. The second-order valence-electron chi connectivity index (χ2n) is 18.1. The third-order valence-electron chi connectivity index (χ3n) is 12.2. The molecule has 0 radical (unpaired) electrons. The fraction of sp³-hybridized carbons (Fsp3) is 0.587. The van der Waals surface area contributed by atoms with E-state index in [4.69, 9.17) is 50.1 Å². The summed E-state index contributed by atoms with van der Waals surface area (Å²) in [5.74, 6) is 7.67. The Morgan fingerprint density at radius 3 is 1.86 bits per heavy atom. The molecule has 8 rings (SSSR count). The highest BCUT2D eigenvalue weighted by Gasteiger charge is 2.44. The number of hydrogen-bond donors (Lipinski definition) is 1. The summed E-state index contributed by atoms with van der Waals surface area (Å²) in [6.45, 7) is 14.0. The summed E-state index contributed by atoms with van der Waals surface area (Å²) in [5, 5.41) is 22.7. The molecule has 4 aliphatic rings. The molecule has 18 heteroatoms. The van der Waals surface area contributed by atoms with Crippen molar-refractivity contribution in [2.24, 2.45) is 35.5 Å². The standard InChI is InChI=1S/C22H32N4O2.C20H24ClN7.C4H2Cl2N2/c1-15-24-18(13-19(14-23)25-15)7-5-6-17-12-20(17)16-8-10-26(11-9-16)21(27)28-22(2,3)4;1-13-26-17(10-22)9-19(27-13)23-5-2-15-8-18(15)14-3-6-28(7-4-14)20-24-11-16(21)12-25-20;5-3-1-7-4(6)8-2-3/h13,16-17,20H,5-12H2,1-4H3;9,11-12,14-15,18H,2-8H2,1H3,(H,23,26,27);1-2H. The van der Waals surface area contributed by atoms with E-state index in [0.29, 0.717) is 33.1 Å². The summed E-state index contributed by atoms with van der Waals surface area (Å²) in [6, 6.07) is 7.71. The van der Waals surface area contributed by atoms with E-state index >= 15 is 0 Å². The molecule has 4 aromatic heterocycles. The lowest BCUT2D eigenvalue weighted by Gasteiger charge is -2.33.